The first kappa shape index (κ1) is 15.7. The van der Waals surface area contributed by atoms with E-state index < -0.39 is 0 Å². The third-order valence-corrected chi connectivity index (χ3v) is 5.71. The van der Waals surface area contributed by atoms with Crippen molar-refractivity contribution >= 4 is 0 Å². The fourth-order valence-corrected chi connectivity index (χ4v) is 4.43. The van der Waals surface area contributed by atoms with E-state index >= 15 is 0 Å². The molecule has 2 aromatic carbocycles. The quantitative estimate of drug-likeness (QED) is 0.724. The van der Waals surface area contributed by atoms with Crippen LogP contribution in [0.2, 0.25) is 0 Å². The van der Waals surface area contributed by atoms with Crippen LogP contribution in [0.1, 0.15) is 23.7 Å². The Morgan fingerprint density at radius 2 is 1.81 bits per heavy atom. The van der Waals surface area contributed by atoms with Gasteiger partial charge in [0.05, 0.1) is 11.7 Å². The summed E-state index contributed by atoms with van der Waals surface area (Å²) in [5.74, 6) is 0.442. The monoisotopic (exact) mass is 348 g/mol. The molecule has 1 fully saturated rings. The predicted octanol–water partition coefficient (Wildman–Crippen LogP) is 3.70. The number of aromatic nitrogens is 3. The summed E-state index contributed by atoms with van der Waals surface area (Å²) in [5.41, 5.74) is 4.60. The van der Waals surface area contributed by atoms with Crippen LogP contribution in [0.15, 0.2) is 54.6 Å². The van der Waals surface area contributed by atoms with E-state index in [1.807, 2.05) is 30.3 Å². The minimum absolute atomic E-state index is 0.176. The number of halogens is 1. The minimum atomic E-state index is -0.176. The van der Waals surface area contributed by atoms with Crippen molar-refractivity contribution in [1.82, 2.24) is 19.9 Å². The zero-order valence-electron chi connectivity index (χ0n) is 14.6. The number of hydrogen-bond donors (Lipinski definition) is 0. The molecule has 0 N–H and O–H groups in total. The van der Waals surface area contributed by atoms with Crippen LogP contribution in [0.25, 0.3) is 11.3 Å². The first-order valence-electron chi connectivity index (χ1n) is 9.24. The number of hydrogen-bond acceptors (Lipinski definition) is 3. The van der Waals surface area contributed by atoms with Crippen LogP contribution in [0.5, 0.6) is 0 Å². The van der Waals surface area contributed by atoms with Gasteiger partial charge >= 0.3 is 0 Å². The van der Waals surface area contributed by atoms with E-state index in [1.54, 1.807) is 12.1 Å². The maximum absolute atomic E-state index is 13.1. The summed E-state index contributed by atoms with van der Waals surface area (Å²) in [5, 5.41) is 9.02. The van der Waals surface area contributed by atoms with E-state index in [1.165, 1.54) is 12.1 Å². The minimum Gasteiger partial charge on any atom is -0.297 e. The number of rotatable bonds is 3. The van der Waals surface area contributed by atoms with Crippen molar-refractivity contribution in [3.8, 4) is 11.3 Å². The summed E-state index contributed by atoms with van der Waals surface area (Å²) in [6.45, 7) is 2.91. The lowest BCUT2D eigenvalue weighted by atomic mass is 9.91. The summed E-state index contributed by atoms with van der Waals surface area (Å²) in [4.78, 5) is 2.46. The van der Waals surface area contributed by atoms with Crippen molar-refractivity contribution in [2.75, 3.05) is 13.1 Å². The fourth-order valence-electron chi connectivity index (χ4n) is 4.43. The molecule has 1 aromatic heterocycles. The molecule has 5 rings (SSSR count). The van der Waals surface area contributed by atoms with Gasteiger partial charge in [-0.1, -0.05) is 47.7 Å². The Morgan fingerprint density at radius 3 is 2.62 bits per heavy atom. The Balaban J connectivity index is 1.37. The standard InChI is InChI=1S/C21H21FN4/c22-18-9-6-15(7-10-18)12-25-13-17-8-11-19-21(16-4-2-1-3-5-16)23-24-26(19)20(17)14-25/h1-7,9-10,17,20H,8,11-14H2/t17-,20-/m0/s1. The molecule has 5 heteroatoms. The largest absolute Gasteiger partial charge is 0.297 e. The van der Waals surface area contributed by atoms with Crippen molar-refractivity contribution in [2.24, 2.45) is 5.92 Å². The molecule has 2 atom stereocenters. The summed E-state index contributed by atoms with van der Waals surface area (Å²) >= 11 is 0. The van der Waals surface area contributed by atoms with Gasteiger partial charge in [-0.3, -0.25) is 4.90 Å². The highest BCUT2D eigenvalue weighted by Crippen LogP contribution is 2.39. The maximum Gasteiger partial charge on any atom is 0.123 e. The SMILES string of the molecule is Fc1ccc(CN2C[C@@H]3CCc4c(-c5ccccc5)nnn4[C@H]3C2)cc1. The Labute approximate surface area is 152 Å². The average molecular weight is 348 g/mol. The van der Waals surface area contributed by atoms with Crippen LogP contribution in [-0.2, 0) is 13.0 Å². The van der Waals surface area contributed by atoms with Crippen LogP contribution in [-0.4, -0.2) is 33.0 Å². The molecule has 132 valence electrons. The van der Waals surface area contributed by atoms with Gasteiger partial charge in [0.2, 0.25) is 0 Å². The van der Waals surface area contributed by atoms with Gasteiger partial charge in [-0.25, -0.2) is 9.07 Å². The van der Waals surface area contributed by atoms with Crippen molar-refractivity contribution < 1.29 is 4.39 Å². The van der Waals surface area contributed by atoms with Gasteiger partial charge in [-0.2, -0.15) is 0 Å². The zero-order chi connectivity index (χ0) is 17.5. The summed E-state index contributed by atoms with van der Waals surface area (Å²) in [6.07, 6.45) is 2.21. The highest BCUT2D eigenvalue weighted by molar-refractivity contribution is 5.61. The first-order valence-corrected chi connectivity index (χ1v) is 9.24. The van der Waals surface area contributed by atoms with Gasteiger partial charge in [0.25, 0.3) is 0 Å². The highest BCUT2D eigenvalue weighted by atomic mass is 19.1. The molecule has 3 heterocycles. The van der Waals surface area contributed by atoms with Gasteiger partial charge in [-0.15, -0.1) is 5.10 Å². The first-order chi connectivity index (χ1) is 12.8. The summed E-state index contributed by atoms with van der Waals surface area (Å²) < 4.78 is 15.3. The molecule has 3 aromatic rings. The smallest absolute Gasteiger partial charge is 0.123 e. The normalized spacial score (nSPS) is 22.2. The lowest BCUT2D eigenvalue weighted by molar-refractivity contribution is 0.306. The van der Waals surface area contributed by atoms with E-state index in [-0.39, 0.29) is 5.82 Å². The van der Waals surface area contributed by atoms with E-state index in [0.717, 1.165) is 42.9 Å². The second-order valence-corrected chi connectivity index (χ2v) is 7.38. The fraction of sp³-hybridized carbons (Fsp3) is 0.333. The van der Waals surface area contributed by atoms with Crippen LogP contribution in [0.3, 0.4) is 0 Å². The van der Waals surface area contributed by atoms with Crippen molar-refractivity contribution in [2.45, 2.75) is 25.4 Å². The molecule has 4 nitrogen and oxygen atoms in total. The molecule has 2 aliphatic heterocycles. The Hall–Kier alpha value is -2.53. The van der Waals surface area contributed by atoms with Crippen molar-refractivity contribution in [3.63, 3.8) is 0 Å². The number of likely N-dealkylation sites (tertiary alicyclic amines) is 1. The molecule has 0 spiro atoms. The van der Waals surface area contributed by atoms with Gasteiger partial charge in [0, 0.05) is 25.2 Å². The zero-order valence-corrected chi connectivity index (χ0v) is 14.6. The molecule has 2 aliphatic rings. The van der Waals surface area contributed by atoms with Crippen LogP contribution in [0.4, 0.5) is 4.39 Å². The van der Waals surface area contributed by atoms with E-state index in [0.29, 0.717) is 12.0 Å². The third kappa shape index (κ3) is 2.72. The average Bonchev–Trinajstić information content (AvgIpc) is 3.27. The van der Waals surface area contributed by atoms with Gasteiger partial charge < -0.3 is 0 Å². The van der Waals surface area contributed by atoms with Gasteiger partial charge in [-0.05, 0) is 36.5 Å². The number of nitrogens with zero attached hydrogens (tertiary/aromatic N) is 4. The number of fused-ring (bicyclic) bond motifs is 3. The lowest BCUT2D eigenvalue weighted by Crippen LogP contribution is -2.26. The van der Waals surface area contributed by atoms with Crippen molar-refractivity contribution in [3.05, 3.63) is 71.7 Å². The maximum atomic E-state index is 13.1. The van der Waals surface area contributed by atoms with Crippen molar-refractivity contribution in [1.29, 1.82) is 0 Å². The van der Waals surface area contributed by atoms with E-state index in [9.17, 15) is 4.39 Å². The van der Waals surface area contributed by atoms with E-state index in [4.69, 9.17) is 0 Å². The Morgan fingerprint density at radius 1 is 1.00 bits per heavy atom. The predicted molar refractivity (Wildman–Crippen MR) is 98.0 cm³/mol. The topological polar surface area (TPSA) is 34.0 Å². The second-order valence-electron chi connectivity index (χ2n) is 7.38. The second kappa shape index (κ2) is 6.32. The summed E-state index contributed by atoms with van der Waals surface area (Å²) in [6, 6.07) is 17.6. The third-order valence-electron chi connectivity index (χ3n) is 5.71. The molecule has 0 amide bonds. The van der Waals surface area contributed by atoms with Gasteiger partial charge in [0.15, 0.2) is 0 Å². The molecule has 0 saturated carbocycles. The highest BCUT2D eigenvalue weighted by Gasteiger charge is 2.39. The van der Waals surface area contributed by atoms with E-state index in [2.05, 4.69) is 32.0 Å². The molecule has 0 radical (unpaired) electrons. The van der Waals surface area contributed by atoms with Crippen LogP contribution >= 0.6 is 0 Å². The molecule has 0 bridgehead atoms. The molecular formula is C21H21FN4. The molecule has 0 unspecified atom stereocenters. The number of benzene rings is 2. The Kier molecular flexibility index (Phi) is 3.82. The molecular weight excluding hydrogens is 327 g/mol. The Bertz CT molecular complexity index is 904. The van der Waals surface area contributed by atoms with Gasteiger partial charge in [0.1, 0.15) is 11.5 Å². The summed E-state index contributed by atoms with van der Waals surface area (Å²) in [7, 11) is 0. The molecule has 26 heavy (non-hydrogen) atoms. The lowest BCUT2D eigenvalue weighted by Gasteiger charge is -2.25. The van der Waals surface area contributed by atoms with Crippen LogP contribution < -0.4 is 0 Å². The van der Waals surface area contributed by atoms with Crippen LogP contribution in [0, 0.1) is 11.7 Å². The molecule has 0 aliphatic carbocycles. The molecule has 1 saturated heterocycles.